The first-order valence-electron chi connectivity index (χ1n) is 6.47. The molecule has 4 nitrogen and oxygen atoms in total. The molecular weight excluding hydrogens is 270 g/mol. The average molecular weight is 285 g/mol. The van der Waals surface area contributed by atoms with E-state index < -0.39 is 0 Å². The molecule has 0 unspecified atom stereocenters. The highest BCUT2D eigenvalue weighted by Crippen LogP contribution is 2.24. The van der Waals surface area contributed by atoms with Crippen LogP contribution in [0.2, 0.25) is 0 Å². The van der Waals surface area contributed by atoms with E-state index in [1.165, 1.54) is 11.3 Å². The van der Waals surface area contributed by atoms with Crippen LogP contribution in [0.5, 0.6) is 0 Å². The molecule has 0 saturated heterocycles. The number of amides is 1. The molecule has 2 heterocycles. The second-order valence-corrected chi connectivity index (χ2v) is 5.73. The third-order valence-electron chi connectivity index (χ3n) is 3.21. The zero-order chi connectivity index (χ0) is 14.1. The number of fused-ring (bicyclic) bond motifs is 1. The summed E-state index contributed by atoms with van der Waals surface area (Å²) < 4.78 is 1.80. The number of nitrogens with one attached hydrogen (secondary N) is 1. The fraction of sp³-hybridized carbons (Fsp3) is 0.200. The number of aromatic nitrogens is 2. The van der Waals surface area contributed by atoms with Crippen LogP contribution in [-0.4, -0.2) is 15.3 Å². The predicted molar refractivity (Wildman–Crippen MR) is 81.6 cm³/mol. The monoisotopic (exact) mass is 285 g/mol. The Morgan fingerprint density at radius 3 is 2.95 bits per heavy atom. The van der Waals surface area contributed by atoms with Crippen LogP contribution in [0.25, 0.3) is 4.96 Å². The highest BCUT2D eigenvalue weighted by molar-refractivity contribution is 7.15. The van der Waals surface area contributed by atoms with Gasteiger partial charge in [-0.05, 0) is 17.5 Å². The van der Waals surface area contributed by atoms with Gasteiger partial charge in [0, 0.05) is 23.5 Å². The number of hydrogen-bond donors (Lipinski definition) is 1. The smallest absolute Gasteiger partial charge is 0.273 e. The highest BCUT2D eigenvalue weighted by Gasteiger charge is 2.14. The molecular formula is C15H15N3OS. The SMILES string of the molecule is CC(C)c1ccccc1NC(=O)c1csc2nccn12. The molecule has 0 fully saturated rings. The van der Waals surface area contributed by atoms with Crippen LogP contribution in [0.3, 0.4) is 0 Å². The number of anilines is 1. The van der Waals surface area contributed by atoms with Gasteiger partial charge in [-0.15, -0.1) is 11.3 Å². The minimum Gasteiger partial charge on any atom is -0.320 e. The van der Waals surface area contributed by atoms with Crippen molar-refractivity contribution in [3.05, 3.63) is 53.3 Å². The zero-order valence-corrected chi connectivity index (χ0v) is 12.1. The van der Waals surface area contributed by atoms with Gasteiger partial charge in [0.25, 0.3) is 5.91 Å². The van der Waals surface area contributed by atoms with Crippen molar-refractivity contribution >= 4 is 27.9 Å². The quantitative estimate of drug-likeness (QED) is 0.796. The van der Waals surface area contributed by atoms with Crippen molar-refractivity contribution in [1.29, 1.82) is 0 Å². The number of rotatable bonds is 3. The van der Waals surface area contributed by atoms with Crippen molar-refractivity contribution in [3.8, 4) is 0 Å². The first-order valence-corrected chi connectivity index (χ1v) is 7.35. The highest BCUT2D eigenvalue weighted by atomic mass is 32.1. The summed E-state index contributed by atoms with van der Waals surface area (Å²) in [6.45, 7) is 4.23. The van der Waals surface area contributed by atoms with E-state index in [0.717, 1.165) is 16.2 Å². The predicted octanol–water partition coefficient (Wildman–Crippen LogP) is 3.77. The van der Waals surface area contributed by atoms with Crippen LogP contribution < -0.4 is 5.32 Å². The molecule has 0 bridgehead atoms. The van der Waals surface area contributed by atoms with Gasteiger partial charge in [-0.1, -0.05) is 32.0 Å². The molecule has 0 spiro atoms. The van der Waals surface area contributed by atoms with E-state index in [4.69, 9.17) is 0 Å². The molecule has 102 valence electrons. The lowest BCUT2D eigenvalue weighted by molar-refractivity contribution is 0.102. The fourth-order valence-corrected chi connectivity index (χ4v) is 3.02. The fourth-order valence-electron chi connectivity index (χ4n) is 2.19. The largest absolute Gasteiger partial charge is 0.320 e. The summed E-state index contributed by atoms with van der Waals surface area (Å²) in [6, 6.07) is 7.90. The molecule has 0 aliphatic carbocycles. The van der Waals surface area contributed by atoms with Crippen LogP contribution in [0.4, 0.5) is 5.69 Å². The Balaban J connectivity index is 1.92. The molecule has 3 rings (SSSR count). The number of hydrogen-bond acceptors (Lipinski definition) is 3. The van der Waals surface area contributed by atoms with Crippen LogP contribution in [0.15, 0.2) is 42.0 Å². The van der Waals surface area contributed by atoms with Crippen molar-refractivity contribution in [2.45, 2.75) is 19.8 Å². The number of imidazole rings is 1. The van der Waals surface area contributed by atoms with Gasteiger partial charge in [0.2, 0.25) is 0 Å². The van der Waals surface area contributed by atoms with E-state index in [0.29, 0.717) is 11.6 Å². The Hall–Kier alpha value is -2.14. The lowest BCUT2D eigenvalue weighted by atomic mass is 10.0. The Morgan fingerprint density at radius 2 is 2.15 bits per heavy atom. The summed E-state index contributed by atoms with van der Waals surface area (Å²) in [5.41, 5.74) is 2.62. The third kappa shape index (κ3) is 2.20. The van der Waals surface area contributed by atoms with Crippen molar-refractivity contribution in [2.24, 2.45) is 0 Å². The maximum Gasteiger partial charge on any atom is 0.273 e. The summed E-state index contributed by atoms with van der Waals surface area (Å²) in [5.74, 6) is 0.254. The summed E-state index contributed by atoms with van der Waals surface area (Å²) >= 11 is 1.46. The molecule has 0 radical (unpaired) electrons. The molecule has 1 aromatic carbocycles. The number of nitrogens with zero attached hydrogens (tertiary/aromatic N) is 2. The molecule has 0 aliphatic heterocycles. The molecule has 0 aliphatic rings. The number of benzene rings is 1. The summed E-state index contributed by atoms with van der Waals surface area (Å²) in [5, 5.41) is 4.82. The molecule has 1 amide bonds. The average Bonchev–Trinajstić information content (AvgIpc) is 3.01. The van der Waals surface area contributed by atoms with Gasteiger partial charge in [0.1, 0.15) is 5.69 Å². The first kappa shape index (κ1) is 12.9. The zero-order valence-electron chi connectivity index (χ0n) is 11.3. The second kappa shape index (κ2) is 5.09. The molecule has 0 saturated carbocycles. The number of carbonyl (C=O) groups is 1. The Kier molecular flexibility index (Phi) is 3.28. The third-order valence-corrected chi connectivity index (χ3v) is 4.06. The standard InChI is InChI=1S/C15H15N3OS/c1-10(2)11-5-3-4-6-12(11)17-14(19)13-9-20-15-16-7-8-18(13)15/h3-10H,1-2H3,(H,17,19). The van der Waals surface area contributed by atoms with Crippen molar-refractivity contribution in [1.82, 2.24) is 9.38 Å². The number of thiazole rings is 1. The van der Waals surface area contributed by atoms with Gasteiger partial charge in [-0.3, -0.25) is 9.20 Å². The minimum atomic E-state index is -0.109. The number of carbonyl (C=O) groups excluding carboxylic acids is 1. The Bertz CT molecular complexity index is 757. The van der Waals surface area contributed by atoms with Gasteiger partial charge in [0.15, 0.2) is 4.96 Å². The Morgan fingerprint density at radius 1 is 1.35 bits per heavy atom. The van der Waals surface area contributed by atoms with Gasteiger partial charge in [-0.2, -0.15) is 0 Å². The van der Waals surface area contributed by atoms with Gasteiger partial charge in [-0.25, -0.2) is 4.98 Å². The van der Waals surface area contributed by atoms with E-state index in [1.54, 1.807) is 16.8 Å². The van der Waals surface area contributed by atoms with Crippen molar-refractivity contribution in [3.63, 3.8) is 0 Å². The van der Waals surface area contributed by atoms with E-state index in [1.807, 2.05) is 29.6 Å². The lowest BCUT2D eigenvalue weighted by Crippen LogP contribution is -2.15. The normalized spacial score (nSPS) is 11.2. The van der Waals surface area contributed by atoms with Crippen molar-refractivity contribution in [2.75, 3.05) is 5.32 Å². The maximum absolute atomic E-state index is 12.4. The van der Waals surface area contributed by atoms with Crippen molar-refractivity contribution < 1.29 is 4.79 Å². The molecule has 3 aromatic rings. The van der Waals surface area contributed by atoms with E-state index in [-0.39, 0.29) is 5.91 Å². The minimum absolute atomic E-state index is 0.109. The van der Waals surface area contributed by atoms with E-state index >= 15 is 0 Å². The lowest BCUT2D eigenvalue weighted by Gasteiger charge is -2.13. The topological polar surface area (TPSA) is 46.4 Å². The van der Waals surface area contributed by atoms with Crippen LogP contribution >= 0.6 is 11.3 Å². The number of para-hydroxylation sites is 1. The molecule has 2 aromatic heterocycles. The van der Waals surface area contributed by atoms with E-state index in [2.05, 4.69) is 24.1 Å². The first-order chi connectivity index (χ1) is 9.66. The summed E-state index contributed by atoms with van der Waals surface area (Å²) in [7, 11) is 0. The van der Waals surface area contributed by atoms with Gasteiger partial charge in [0.05, 0.1) is 0 Å². The van der Waals surface area contributed by atoms with Gasteiger partial charge < -0.3 is 5.32 Å². The molecule has 1 N–H and O–H groups in total. The molecule has 20 heavy (non-hydrogen) atoms. The maximum atomic E-state index is 12.4. The van der Waals surface area contributed by atoms with E-state index in [9.17, 15) is 4.79 Å². The van der Waals surface area contributed by atoms with Crippen LogP contribution in [0.1, 0.15) is 35.8 Å². The second-order valence-electron chi connectivity index (χ2n) is 4.90. The Labute approximate surface area is 121 Å². The molecule has 0 atom stereocenters. The van der Waals surface area contributed by atoms with Gasteiger partial charge >= 0.3 is 0 Å². The summed E-state index contributed by atoms with van der Waals surface area (Å²) in [6.07, 6.45) is 3.50. The molecule has 5 heteroatoms. The van der Waals surface area contributed by atoms with Crippen LogP contribution in [-0.2, 0) is 0 Å². The summed E-state index contributed by atoms with van der Waals surface area (Å²) in [4.78, 5) is 17.4. The van der Waals surface area contributed by atoms with Crippen LogP contribution in [0, 0.1) is 0 Å².